The zero-order valence-electron chi connectivity index (χ0n) is 12.3. The van der Waals surface area contributed by atoms with Gasteiger partial charge in [0.1, 0.15) is 5.60 Å². The lowest BCUT2D eigenvalue weighted by molar-refractivity contribution is 0.000768. The fraction of sp³-hybridized carbons (Fsp3) is 0.929. The van der Waals surface area contributed by atoms with Gasteiger partial charge in [0, 0.05) is 18.6 Å². The average Bonchev–Trinajstić information content (AvgIpc) is 2.56. The summed E-state index contributed by atoms with van der Waals surface area (Å²) in [5.41, 5.74) is -0.457. The molecule has 5 heteroatoms. The van der Waals surface area contributed by atoms with Crippen LogP contribution in [-0.4, -0.2) is 52.5 Å². The minimum atomic E-state index is -0.457. The number of hydrogen-bond donors (Lipinski definition) is 2. The summed E-state index contributed by atoms with van der Waals surface area (Å²) in [6.07, 6.45) is 2.13. The smallest absolute Gasteiger partial charge is 0.410 e. The highest BCUT2D eigenvalue weighted by molar-refractivity contribution is 5.70. The summed E-state index contributed by atoms with van der Waals surface area (Å²) < 4.78 is 5.51. The Bertz CT molecular complexity index is 338. The first-order valence-electron chi connectivity index (χ1n) is 7.20. The molecule has 2 saturated heterocycles. The Balaban J connectivity index is 2.06. The van der Waals surface area contributed by atoms with Crippen LogP contribution < -0.4 is 5.32 Å². The standard InChI is InChI=1S/C14H26N2O3/c1-9(17)7-11-12-6-5-10(8-15-11)16(12)13(18)19-14(2,3)4/h9-12,15,17H,5-8H2,1-4H3/t9?,10-,11+,12+/m0/s1. The Kier molecular flexibility index (Phi) is 4.06. The van der Waals surface area contributed by atoms with Crippen molar-refractivity contribution >= 4 is 6.09 Å². The average molecular weight is 270 g/mol. The first kappa shape index (κ1) is 14.6. The summed E-state index contributed by atoms with van der Waals surface area (Å²) in [4.78, 5) is 14.2. The van der Waals surface area contributed by atoms with E-state index in [9.17, 15) is 9.90 Å². The van der Waals surface area contributed by atoms with E-state index in [1.54, 1.807) is 6.92 Å². The zero-order chi connectivity index (χ0) is 14.2. The van der Waals surface area contributed by atoms with E-state index in [1.807, 2.05) is 25.7 Å². The monoisotopic (exact) mass is 270 g/mol. The molecule has 0 spiro atoms. The first-order valence-corrected chi connectivity index (χ1v) is 7.20. The lowest BCUT2D eigenvalue weighted by Gasteiger charge is -2.41. The topological polar surface area (TPSA) is 61.8 Å². The van der Waals surface area contributed by atoms with Crippen molar-refractivity contribution < 1.29 is 14.6 Å². The van der Waals surface area contributed by atoms with Crippen molar-refractivity contribution in [2.24, 2.45) is 0 Å². The minimum Gasteiger partial charge on any atom is -0.444 e. The molecule has 0 aromatic rings. The van der Waals surface area contributed by atoms with E-state index in [0.29, 0.717) is 6.42 Å². The maximum atomic E-state index is 12.3. The predicted octanol–water partition coefficient (Wildman–Crippen LogP) is 1.50. The number of carbonyl (C=O) groups is 1. The van der Waals surface area contributed by atoms with E-state index in [4.69, 9.17) is 4.74 Å². The molecule has 5 nitrogen and oxygen atoms in total. The van der Waals surface area contributed by atoms with Crippen molar-refractivity contribution in [3.63, 3.8) is 0 Å². The molecule has 4 atom stereocenters. The van der Waals surface area contributed by atoms with Crippen LogP contribution in [-0.2, 0) is 4.74 Å². The fourth-order valence-electron chi connectivity index (χ4n) is 3.14. The number of hydrogen-bond acceptors (Lipinski definition) is 4. The van der Waals surface area contributed by atoms with Crippen LogP contribution in [0.3, 0.4) is 0 Å². The molecule has 0 aromatic heterocycles. The van der Waals surface area contributed by atoms with Crippen LogP contribution in [0.25, 0.3) is 0 Å². The Morgan fingerprint density at radius 3 is 2.74 bits per heavy atom. The van der Waals surface area contributed by atoms with E-state index in [2.05, 4.69) is 5.32 Å². The van der Waals surface area contributed by atoms with Crippen molar-refractivity contribution in [1.82, 2.24) is 10.2 Å². The number of nitrogens with one attached hydrogen (secondary N) is 1. The molecule has 0 aromatic carbocycles. The van der Waals surface area contributed by atoms with E-state index >= 15 is 0 Å². The second-order valence-electron chi connectivity index (χ2n) is 6.79. The summed E-state index contributed by atoms with van der Waals surface area (Å²) in [6, 6.07) is 0.569. The van der Waals surface area contributed by atoms with Gasteiger partial charge in [0.05, 0.1) is 12.1 Å². The largest absolute Gasteiger partial charge is 0.444 e. The van der Waals surface area contributed by atoms with Gasteiger partial charge in [-0.05, 0) is 47.0 Å². The van der Waals surface area contributed by atoms with Crippen molar-refractivity contribution in [1.29, 1.82) is 0 Å². The van der Waals surface area contributed by atoms with Crippen molar-refractivity contribution in [2.75, 3.05) is 6.54 Å². The molecule has 2 fully saturated rings. The highest BCUT2D eigenvalue weighted by Crippen LogP contribution is 2.32. The molecule has 110 valence electrons. The maximum Gasteiger partial charge on any atom is 0.410 e. The molecule has 2 aliphatic heterocycles. The van der Waals surface area contributed by atoms with Gasteiger partial charge >= 0.3 is 6.09 Å². The third-order valence-corrected chi connectivity index (χ3v) is 3.83. The number of aliphatic hydroxyl groups excluding tert-OH is 1. The van der Waals surface area contributed by atoms with Crippen molar-refractivity contribution in [3.8, 4) is 0 Å². The number of aliphatic hydroxyl groups is 1. The van der Waals surface area contributed by atoms with Crippen LogP contribution in [0.15, 0.2) is 0 Å². The molecule has 0 radical (unpaired) electrons. The highest BCUT2D eigenvalue weighted by Gasteiger charge is 2.46. The van der Waals surface area contributed by atoms with Gasteiger partial charge in [0.2, 0.25) is 0 Å². The number of nitrogens with zero attached hydrogens (tertiary/aromatic N) is 1. The molecule has 19 heavy (non-hydrogen) atoms. The van der Waals surface area contributed by atoms with Crippen LogP contribution in [0.5, 0.6) is 0 Å². The summed E-state index contributed by atoms with van der Waals surface area (Å²) in [6.45, 7) is 8.26. The van der Waals surface area contributed by atoms with Crippen LogP contribution in [0.4, 0.5) is 4.79 Å². The predicted molar refractivity (Wildman–Crippen MR) is 73.0 cm³/mol. The summed E-state index contributed by atoms with van der Waals surface area (Å²) in [5, 5.41) is 13.0. The van der Waals surface area contributed by atoms with Gasteiger partial charge in [-0.15, -0.1) is 0 Å². The number of rotatable bonds is 2. The first-order chi connectivity index (χ1) is 8.78. The molecule has 2 N–H and O–H groups in total. The lowest BCUT2D eigenvalue weighted by Crippen LogP contribution is -2.60. The van der Waals surface area contributed by atoms with Gasteiger partial charge in [-0.1, -0.05) is 0 Å². The molecular weight excluding hydrogens is 244 g/mol. The Morgan fingerprint density at radius 1 is 1.47 bits per heavy atom. The van der Waals surface area contributed by atoms with Crippen LogP contribution >= 0.6 is 0 Å². The molecule has 2 rings (SSSR count). The summed E-state index contributed by atoms with van der Waals surface area (Å²) in [7, 11) is 0. The lowest BCUT2D eigenvalue weighted by atomic mass is 9.99. The number of amides is 1. The van der Waals surface area contributed by atoms with Crippen molar-refractivity contribution in [3.05, 3.63) is 0 Å². The van der Waals surface area contributed by atoms with E-state index < -0.39 is 5.60 Å². The van der Waals surface area contributed by atoms with Gasteiger partial charge in [-0.25, -0.2) is 4.79 Å². The van der Waals surface area contributed by atoms with Crippen molar-refractivity contribution in [2.45, 2.75) is 76.8 Å². The normalized spacial score (nSPS) is 32.3. The SMILES string of the molecule is CC(O)C[C@H]1NC[C@@H]2CC[C@H]1N2C(=O)OC(C)(C)C. The van der Waals surface area contributed by atoms with E-state index in [-0.39, 0.29) is 30.3 Å². The van der Waals surface area contributed by atoms with E-state index in [0.717, 1.165) is 19.4 Å². The molecule has 0 saturated carbocycles. The van der Waals surface area contributed by atoms with E-state index in [1.165, 1.54) is 0 Å². The quantitative estimate of drug-likeness (QED) is 0.798. The molecule has 2 bridgehead atoms. The second kappa shape index (κ2) is 5.29. The molecular formula is C14H26N2O3. The maximum absolute atomic E-state index is 12.3. The second-order valence-corrected chi connectivity index (χ2v) is 6.79. The third-order valence-electron chi connectivity index (χ3n) is 3.83. The molecule has 0 aliphatic carbocycles. The molecule has 2 aliphatic rings. The summed E-state index contributed by atoms with van der Waals surface area (Å²) in [5.74, 6) is 0. The summed E-state index contributed by atoms with van der Waals surface area (Å²) >= 11 is 0. The van der Waals surface area contributed by atoms with Gasteiger partial charge in [0.25, 0.3) is 0 Å². The van der Waals surface area contributed by atoms with Crippen LogP contribution in [0.1, 0.15) is 47.0 Å². The zero-order valence-corrected chi connectivity index (χ0v) is 12.3. The Morgan fingerprint density at radius 2 is 2.16 bits per heavy atom. The highest BCUT2D eigenvalue weighted by atomic mass is 16.6. The minimum absolute atomic E-state index is 0.156. The van der Waals surface area contributed by atoms with Gasteiger partial charge < -0.3 is 15.2 Å². The number of piperazine rings is 1. The molecule has 2 heterocycles. The van der Waals surface area contributed by atoms with Crippen LogP contribution in [0.2, 0.25) is 0 Å². The fourth-order valence-corrected chi connectivity index (χ4v) is 3.14. The number of fused-ring (bicyclic) bond motifs is 2. The van der Waals surface area contributed by atoms with Gasteiger partial charge in [-0.2, -0.15) is 0 Å². The van der Waals surface area contributed by atoms with Gasteiger partial charge in [-0.3, -0.25) is 4.90 Å². The van der Waals surface area contributed by atoms with Gasteiger partial charge in [0.15, 0.2) is 0 Å². The molecule has 1 unspecified atom stereocenters. The van der Waals surface area contributed by atoms with Crippen LogP contribution in [0, 0.1) is 0 Å². The number of ether oxygens (including phenoxy) is 1. The third kappa shape index (κ3) is 3.39. The molecule has 1 amide bonds. The Hall–Kier alpha value is -0.810. The number of carbonyl (C=O) groups excluding carboxylic acids is 1. The Labute approximate surface area is 115 Å².